The molecule has 1 fully saturated rings. The molecular weight excluding hydrogens is 450 g/mol. The highest BCUT2D eigenvalue weighted by atomic mass is 79.9. The summed E-state index contributed by atoms with van der Waals surface area (Å²) in [5.41, 5.74) is 3.25. The molecule has 8 nitrogen and oxygen atoms in total. The van der Waals surface area contributed by atoms with Gasteiger partial charge in [0, 0.05) is 23.9 Å². The van der Waals surface area contributed by atoms with E-state index in [0.717, 1.165) is 13.0 Å². The van der Waals surface area contributed by atoms with Crippen LogP contribution in [0.2, 0.25) is 5.02 Å². The van der Waals surface area contributed by atoms with E-state index in [0.29, 0.717) is 39.0 Å². The van der Waals surface area contributed by atoms with E-state index in [4.69, 9.17) is 11.6 Å². The van der Waals surface area contributed by atoms with Gasteiger partial charge in [-0.25, -0.2) is 10.4 Å². The third-order valence-corrected chi connectivity index (χ3v) is 5.79. The fourth-order valence-corrected chi connectivity index (χ4v) is 3.66. The molecule has 0 unspecified atom stereocenters. The van der Waals surface area contributed by atoms with Crippen molar-refractivity contribution in [1.82, 2.24) is 20.3 Å². The Morgan fingerprint density at radius 2 is 2.32 bits per heavy atom. The van der Waals surface area contributed by atoms with Crippen LogP contribution in [0.3, 0.4) is 0 Å². The Morgan fingerprint density at radius 1 is 1.54 bits per heavy atom. The van der Waals surface area contributed by atoms with Crippen LogP contribution in [-0.4, -0.2) is 45.0 Å². The van der Waals surface area contributed by atoms with Crippen molar-refractivity contribution in [2.24, 2.45) is 5.10 Å². The molecule has 1 aromatic carbocycles. The van der Waals surface area contributed by atoms with E-state index in [1.165, 1.54) is 17.8 Å². The lowest BCUT2D eigenvalue weighted by Gasteiger charge is -2.29. The number of carbonyl (C=O) groups excluding carboxylic acids is 1. The molecule has 0 bridgehead atoms. The third-order valence-electron chi connectivity index (χ3n) is 4.59. The summed E-state index contributed by atoms with van der Waals surface area (Å²) in [6.07, 6.45) is 2.95. The molecule has 1 aliphatic heterocycles. The second-order valence-electron chi connectivity index (χ2n) is 6.78. The van der Waals surface area contributed by atoms with E-state index < -0.39 is 6.10 Å². The molecular formula is C18H21BrClN5O3. The number of fused-ring (bicyclic) bond motifs is 1. The van der Waals surface area contributed by atoms with Crippen LogP contribution in [0.25, 0.3) is 10.9 Å². The minimum Gasteiger partial charge on any atom is -0.391 e. The maximum Gasteiger partial charge on any atom is 0.261 e. The predicted molar refractivity (Wildman–Crippen MR) is 112 cm³/mol. The highest BCUT2D eigenvalue weighted by Crippen LogP contribution is 2.25. The van der Waals surface area contributed by atoms with Crippen LogP contribution in [0.15, 0.2) is 32.8 Å². The van der Waals surface area contributed by atoms with Gasteiger partial charge in [0.15, 0.2) is 0 Å². The van der Waals surface area contributed by atoms with Crippen molar-refractivity contribution >= 4 is 50.1 Å². The van der Waals surface area contributed by atoms with Crippen LogP contribution < -0.4 is 16.3 Å². The van der Waals surface area contributed by atoms with Gasteiger partial charge in [0.2, 0.25) is 5.91 Å². The summed E-state index contributed by atoms with van der Waals surface area (Å²) in [7, 11) is 0. The lowest BCUT2D eigenvalue weighted by molar-refractivity contribution is -0.118. The standard InChI is InChI=1S/C18H21BrClN5O3/c1-10(26)23-24-11(5-16-17(27)3-2-4-21-16)8-25-9-22-15-7-13(19)14(20)6-12(15)18(25)28/h6-7,9,16-17,21,27H,2-5,8H2,1H3,(H,23,26)/t16-,17+/m1/s1. The van der Waals surface area contributed by atoms with Crippen LogP contribution >= 0.6 is 27.5 Å². The molecule has 3 N–H and O–H groups in total. The van der Waals surface area contributed by atoms with Crippen LogP contribution in [0.4, 0.5) is 0 Å². The fourth-order valence-electron chi connectivity index (χ4n) is 3.16. The van der Waals surface area contributed by atoms with Gasteiger partial charge < -0.3 is 10.4 Å². The molecule has 0 radical (unpaired) electrons. The van der Waals surface area contributed by atoms with Gasteiger partial charge in [-0.15, -0.1) is 0 Å². The number of benzene rings is 1. The molecule has 1 saturated heterocycles. The molecule has 0 spiro atoms. The number of nitrogens with zero attached hydrogens (tertiary/aromatic N) is 3. The molecule has 28 heavy (non-hydrogen) atoms. The summed E-state index contributed by atoms with van der Waals surface area (Å²) in [6, 6.07) is 3.08. The first-order chi connectivity index (χ1) is 13.3. The van der Waals surface area contributed by atoms with Crippen molar-refractivity contribution in [2.75, 3.05) is 6.54 Å². The Kier molecular flexibility index (Phi) is 6.82. The number of aliphatic hydroxyl groups is 1. The predicted octanol–water partition coefficient (Wildman–Crippen LogP) is 1.81. The van der Waals surface area contributed by atoms with E-state index in [9.17, 15) is 14.7 Å². The van der Waals surface area contributed by atoms with Gasteiger partial charge in [-0.2, -0.15) is 5.10 Å². The largest absolute Gasteiger partial charge is 0.391 e. The monoisotopic (exact) mass is 469 g/mol. The molecule has 1 amide bonds. The molecule has 0 saturated carbocycles. The normalized spacial score (nSPS) is 20.4. The van der Waals surface area contributed by atoms with Crippen molar-refractivity contribution in [1.29, 1.82) is 0 Å². The number of hydrogen-bond donors (Lipinski definition) is 3. The van der Waals surface area contributed by atoms with Gasteiger partial charge >= 0.3 is 0 Å². The number of hydrogen-bond acceptors (Lipinski definition) is 6. The number of carbonyl (C=O) groups is 1. The molecule has 2 heterocycles. The Morgan fingerprint density at radius 3 is 3.04 bits per heavy atom. The van der Waals surface area contributed by atoms with Gasteiger partial charge in [0.1, 0.15) is 0 Å². The van der Waals surface area contributed by atoms with E-state index in [2.05, 4.69) is 36.8 Å². The maximum atomic E-state index is 12.9. The maximum absolute atomic E-state index is 12.9. The number of piperidine rings is 1. The zero-order valence-corrected chi connectivity index (χ0v) is 17.6. The van der Waals surface area contributed by atoms with E-state index in [1.807, 2.05) is 0 Å². The Labute approximate surface area is 175 Å². The zero-order valence-electron chi connectivity index (χ0n) is 15.3. The SMILES string of the molecule is CC(=O)NN=C(C[C@H]1NCCC[C@@H]1O)Cn1cnc2cc(Br)c(Cl)cc2c1=O. The Hall–Kier alpha value is -1.81. The highest BCUT2D eigenvalue weighted by Gasteiger charge is 2.24. The summed E-state index contributed by atoms with van der Waals surface area (Å²) in [5.74, 6) is -0.310. The van der Waals surface area contributed by atoms with Gasteiger partial charge in [0.25, 0.3) is 5.56 Å². The average Bonchev–Trinajstić information content (AvgIpc) is 2.65. The number of halogens is 2. The number of nitrogens with one attached hydrogen (secondary N) is 2. The summed E-state index contributed by atoms with van der Waals surface area (Å²) in [4.78, 5) is 28.5. The zero-order chi connectivity index (χ0) is 20.3. The first-order valence-electron chi connectivity index (χ1n) is 8.93. The number of rotatable bonds is 5. The van der Waals surface area contributed by atoms with E-state index in [-0.39, 0.29) is 24.1 Å². The quantitative estimate of drug-likeness (QED) is 0.456. The van der Waals surface area contributed by atoms with Crippen molar-refractivity contribution in [3.63, 3.8) is 0 Å². The molecule has 1 aromatic heterocycles. The molecule has 2 aromatic rings. The van der Waals surface area contributed by atoms with Crippen molar-refractivity contribution in [2.45, 2.75) is 44.9 Å². The Bertz CT molecular complexity index is 978. The molecule has 3 rings (SSSR count). The van der Waals surface area contributed by atoms with Gasteiger partial charge in [-0.1, -0.05) is 11.6 Å². The van der Waals surface area contributed by atoms with Crippen LogP contribution in [0, 0.1) is 0 Å². The first-order valence-corrected chi connectivity index (χ1v) is 10.1. The van der Waals surface area contributed by atoms with Gasteiger partial charge in [0.05, 0.1) is 40.6 Å². The molecule has 10 heteroatoms. The number of hydrazone groups is 1. The number of aliphatic hydroxyl groups excluding tert-OH is 1. The molecule has 2 atom stereocenters. The number of aromatic nitrogens is 2. The molecule has 150 valence electrons. The second-order valence-corrected chi connectivity index (χ2v) is 8.04. The number of amides is 1. The first kappa shape index (κ1) is 20.9. The van der Waals surface area contributed by atoms with Crippen molar-refractivity contribution < 1.29 is 9.90 Å². The summed E-state index contributed by atoms with van der Waals surface area (Å²) < 4.78 is 2.08. The van der Waals surface area contributed by atoms with E-state index in [1.54, 1.807) is 12.1 Å². The highest BCUT2D eigenvalue weighted by molar-refractivity contribution is 9.10. The minimum atomic E-state index is -0.501. The third kappa shape index (κ3) is 4.96. The van der Waals surface area contributed by atoms with Gasteiger partial charge in [-0.3, -0.25) is 14.2 Å². The second kappa shape index (κ2) is 9.13. The lowest BCUT2D eigenvalue weighted by Crippen LogP contribution is -2.46. The van der Waals surface area contributed by atoms with Crippen LogP contribution in [-0.2, 0) is 11.3 Å². The van der Waals surface area contributed by atoms with E-state index >= 15 is 0 Å². The van der Waals surface area contributed by atoms with Crippen LogP contribution in [0.1, 0.15) is 26.2 Å². The topological polar surface area (TPSA) is 109 Å². The fraction of sp³-hybridized carbons (Fsp3) is 0.444. The smallest absolute Gasteiger partial charge is 0.261 e. The molecule has 1 aliphatic rings. The summed E-state index contributed by atoms with van der Waals surface area (Å²) in [5, 5.41) is 18.4. The van der Waals surface area contributed by atoms with Crippen LogP contribution in [0.5, 0.6) is 0 Å². The van der Waals surface area contributed by atoms with Crippen molar-refractivity contribution in [3.8, 4) is 0 Å². The van der Waals surface area contributed by atoms with Crippen molar-refractivity contribution in [3.05, 3.63) is 38.3 Å². The summed E-state index contributed by atoms with van der Waals surface area (Å²) >= 11 is 9.44. The average molecular weight is 471 g/mol. The van der Waals surface area contributed by atoms with Gasteiger partial charge in [-0.05, 0) is 47.4 Å². The Balaban J connectivity index is 1.90. The lowest BCUT2D eigenvalue weighted by atomic mass is 9.96. The molecule has 0 aliphatic carbocycles. The summed E-state index contributed by atoms with van der Waals surface area (Å²) in [6.45, 7) is 2.30. The minimum absolute atomic E-state index is 0.140.